The Labute approximate surface area is 128 Å². The van der Waals surface area contributed by atoms with Crippen LogP contribution in [0.4, 0.5) is 0 Å². The number of amides is 1. The average Bonchev–Trinajstić information content (AvgIpc) is 2.37. The van der Waals surface area contributed by atoms with Gasteiger partial charge >= 0.3 is 0 Å². The van der Waals surface area contributed by atoms with E-state index in [1.165, 1.54) is 16.7 Å². The first kappa shape index (κ1) is 17.3. The summed E-state index contributed by atoms with van der Waals surface area (Å²) in [6, 6.07) is 5.26. The number of hydrogen-bond donors (Lipinski definition) is 1. The van der Waals surface area contributed by atoms with E-state index in [1.54, 1.807) is 19.2 Å². The lowest BCUT2D eigenvalue weighted by Gasteiger charge is -2.18. The summed E-state index contributed by atoms with van der Waals surface area (Å²) >= 11 is 7.55. The fourth-order valence-corrected chi connectivity index (χ4v) is 2.60. The summed E-state index contributed by atoms with van der Waals surface area (Å²) in [6.07, 6.45) is 2.99. The molecule has 8 heteroatoms. The molecule has 0 unspecified atom stereocenters. The van der Waals surface area contributed by atoms with Crippen LogP contribution in [-0.4, -0.2) is 51.9 Å². The number of likely N-dealkylation sites (N-methyl/N-ethyl adjacent to an activating group) is 1. The van der Waals surface area contributed by atoms with Crippen molar-refractivity contribution in [3.05, 3.63) is 28.8 Å². The largest absolute Gasteiger partial charge is 0.340 e. The number of nitrogens with one attached hydrogen (secondary N) is 1. The van der Waals surface area contributed by atoms with Gasteiger partial charge in [-0.15, -0.1) is 11.8 Å². The van der Waals surface area contributed by atoms with Gasteiger partial charge in [0, 0.05) is 25.0 Å². The summed E-state index contributed by atoms with van der Waals surface area (Å²) in [5.41, 5.74) is 0.417. The number of carbonyl (C=O) groups is 1. The first-order chi connectivity index (χ1) is 9.24. The number of nitrogens with zero attached hydrogens (tertiary/aromatic N) is 1. The maximum absolute atomic E-state index is 12.2. The molecule has 0 aromatic heterocycles. The first-order valence-electron chi connectivity index (χ1n) is 5.78. The van der Waals surface area contributed by atoms with E-state index in [9.17, 15) is 13.2 Å². The predicted molar refractivity (Wildman–Crippen MR) is 83.0 cm³/mol. The van der Waals surface area contributed by atoms with Crippen LogP contribution in [0.5, 0.6) is 0 Å². The van der Waals surface area contributed by atoms with Crippen LogP contribution in [0.25, 0.3) is 0 Å². The van der Waals surface area contributed by atoms with Crippen LogP contribution in [0, 0.1) is 0 Å². The highest BCUT2D eigenvalue weighted by atomic mass is 35.5. The topological polar surface area (TPSA) is 66.5 Å². The van der Waals surface area contributed by atoms with E-state index in [0.29, 0.717) is 10.6 Å². The van der Waals surface area contributed by atoms with Gasteiger partial charge in [0.15, 0.2) is 0 Å². The Bertz CT molecular complexity index is 590. The van der Waals surface area contributed by atoms with Crippen molar-refractivity contribution in [1.82, 2.24) is 9.62 Å². The highest BCUT2D eigenvalue weighted by Crippen LogP contribution is 2.23. The Morgan fingerprint density at radius 1 is 1.45 bits per heavy atom. The van der Waals surface area contributed by atoms with Gasteiger partial charge in [-0.2, -0.15) is 0 Å². The van der Waals surface area contributed by atoms with E-state index in [4.69, 9.17) is 11.6 Å². The molecule has 1 aromatic carbocycles. The molecule has 0 spiro atoms. The highest BCUT2D eigenvalue weighted by molar-refractivity contribution is 7.98. The van der Waals surface area contributed by atoms with E-state index in [2.05, 4.69) is 4.72 Å². The van der Waals surface area contributed by atoms with Crippen molar-refractivity contribution in [2.75, 3.05) is 32.6 Å². The third-order valence-electron chi connectivity index (χ3n) is 2.56. The van der Waals surface area contributed by atoms with Crippen LogP contribution in [0.3, 0.4) is 0 Å². The fourth-order valence-electron chi connectivity index (χ4n) is 1.50. The number of rotatable bonds is 6. The molecule has 0 saturated heterocycles. The minimum absolute atomic E-state index is 0.168. The normalized spacial score (nSPS) is 11.4. The number of hydrogen-bond acceptors (Lipinski definition) is 4. The Morgan fingerprint density at radius 3 is 2.65 bits per heavy atom. The van der Waals surface area contributed by atoms with Crippen molar-refractivity contribution < 1.29 is 13.2 Å². The summed E-state index contributed by atoms with van der Waals surface area (Å²) in [7, 11) is -1.64. The molecule has 0 aliphatic heterocycles. The number of halogens is 1. The van der Waals surface area contributed by atoms with Crippen molar-refractivity contribution in [2.45, 2.75) is 4.90 Å². The zero-order valence-electron chi connectivity index (χ0n) is 11.5. The molecule has 112 valence electrons. The van der Waals surface area contributed by atoms with Crippen LogP contribution in [0.15, 0.2) is 23.1 Å². The monoisotopic (exact) mass is 336 g/mol. The summed E-state index contributed by atoms with van der Waals surface area (Å²) in [4.78, 5) is 14.6. The molecule has 1 aromatic rings. The first-order valence-corrected chi connectivity index (χ1v) is 9.27. The Morgan fingerprint density at radius 2 is 2.10 bits per heavy atom. The van der Waals surface area contributed by atoms with E-state index in [1.807, 2.05) is 12.3 Å². The lowest BCUT2D eigenvalue weighted by atomic mass is 10.2. The molecular formula is C12H17ClN2O3S2. The summed E-state index contributed by atoms with van der Waals surface area (Å²) in [5.74, 6) is -0.235. The fraction of sp³-hybridized carbons (Fsp3) is 0.417. The SMILES string of the molecule is CSc1ccc(Cl)c(C(=O)N(C)CCNS(C)(=O)=O)c1. The maximum Gasteiger partial charge on any atom is 0.255 e. The average molecular weight is 337 g/mol. The zero-order chi connectivity index (χ0) is 15.3. The van der Waals surface area contributed by atoms with Crippen LogP contribution < -0.4 is 4.72 Å². The van der Waals surface area contributed by atoms with Crippen molar-refractivity contribution in [3.63, 3.8) is 0 Å². The minimum Gasteiger partial charge on any atom is -0.340 e. The van der Waals surface area contributed by atoms with Crippen molar-refractivity contribution >= 4 is 39.3 Å². The Kier molecular flexibility index (Phi) is 6.32. The van der Waals surface area contributed by atoms with E-state index < -0.39 is 10.0 Å². The molecule has 1 N–H and O–H groups in total. The van der Waals surface area contributed by atoms with Crippen molar-refractivity contribution in [2.24, 2.45) is 0 Å². The number of carbonyl (C=O) groups excluding carboxylic acids is 1. The lowest BCUT2D eigenvalue weighted by Crippen LogP contribution is -2.35. The van der Waals surface area contributed by atoms with Gasteiger partial charge in [-0.05, 0) is 24.5 Å². The summed E-state index contributed by atoms with van der Waals surface area (Å²) in [6.45, 7) is 0.437. The molecule has 20 heavy (non-hydrogen) atoms. The van der Waals surface area contributed by atoms with Gasteiger partial charge in [-0.25, -0.2) is 13.1 Å². The quantitative estimate of drug-likeness (QED) is 0.803. The molecule has 1 amide bonds. The van der Waals surface area contributed by atoms with Crippen LogP contribution in [-0.2, 0) is 10.0 Å². The van der Waals surface area contributed by atoms with E-state index in [-0.39, 0.29) is 19.0 Å². The second kappa shape index (κ2) is 7.31. The smallest absolute Gasteiger partial charge is 0.255 e. The van der Waals surface area contributed by atoms with Crippen molar-refractivity contribution in [3.8, 4) is 0 Å². The van der Waals surface area contributed by atoms with E-state index in [0.717, 1.165) is 11.2 Å². The van der Waals surface area contributed by atoms with Gasteiger partial charge in [-0.3, -0.25) is 4.79 Å². The molecule has 0 fully saturated rings. The molecule has 0 saturated carbocycles. The molecular weight excluding hydrogens is 320 g/mol. The molecule has 5 nitrogen and oxygen atoms in total. The van der Waals surface area contributed by atoms with Gasteiger partial charge in [0.05, 0.1) is 16.8 Å². The third kappa shape index (κ3) is 5.32. The van der Waals surface area contributed by atoms with Crippen LogP contribution >= 0.6 is 23.4 Å². The summed E-state index contributed by atoms with van der Waals surface area (Å²) in [5, 5.41) is 0.385. The molecule has 1 rings (SSSR count). The number of thioether (sulfide) groups is 1. The second-order valence-corrected chi connectivity index (χ2v) is 7.36. The molecule has 0 aliphatic carbocycles. The van der Waals surface area contributed by atoms with Gasteiger partial charge in [0.2, 0.25) is 10.0 Å². The predicted octanol–water partition coefficient (Wildman–Crippen LogP) is 1.68. The van der Waals surface area contributed by atoms with Crippen molar-refractivity contribution in [1.29, 1.82) is 0 Å². The third-order valence-corrected chi connectivity index (χ3v) is 4.35. The van der Waals surface area contributed by atoms with Gasteiger partial charge < -0.3 is 4.90 Å². The zero-order valence-corrected chi connectivity index (χ0v) is 13.9. The van der Waals surface area contributed by atoms with E-state index >= 15 is 0 Å². The molecule has 0 bridgehead atoms. The van der Waals surface area contributed by atoms with Gasteiger partial charge in [0.1, 0.15) is 0 Å². The minimum atomic E-state index is -3.25. The summed E-state index contributed by atoms with van der Waals surface area (Å²) < 4.78 is 24.2. The van der Waals surface area contributed by atoms with Crippen LogP contribution in [0.1, 0.15) is 10.4 Å². The number of sulfonamides is 1. The van der Waals surface area contributed by atoms with Gasteiger partial charge in [0.25, 0.3) is 5.91 Å². The molecule has 0 heterocycles. The Balaban J connectivity index is 2.74. The standard InChI is InChI=1S/C12H17ClN2O3S2/c1-15(7-6-14-20(3,17)18)12(16)10-8-9(19-2)4-5-11(10)13/h4-5,8,14H,6-7H2,1-3H3. The van der Waals surface area contributed by atoms with Crippen LogP contribution in [0.2, 0.25) is 5.02 Å². The maximum atomic E-state index is 12.2. The molecule has 0 aliphatic rings. The number of benzene rings is 1. The second-order valence-electron chi connectivity index (χ2n) is 4.24. The lowest BCUT2D eigenvalue weighted by molar-refractivity contribution is 0.0797. The Hall–Kier alpha value is -0.760. The van der Waals surface area contributed by atoms with Gasteiger partial charge in [-0.1, -0.05) is 11.6 Å². The molecule has 0 radical (unpaired) electrons. The molecule has 0 atom stereocenters. The highest BCUT2D eigenvalue weighted by Gasteiger charge is 2.16.